The molecule has 0 aliphatic carbocycles. The number of alkyl halides is 3. The average molecular weight is 534 g/mol. The van der Waals surface area contributed by atoms with E-state index in [4.69, 9.17) is 16.3 Å². The third kappa shape index (κ3) is 7.78. The Labute approximate surface area is 216 Å². The predicted octanol–water partition coefficient (Wildman–Crippen LogP) is 6.98. The summed E-state index contributed by atoms with van der Waals surface area (Å²) in [6.45, 7) is 4.80. The van der Waals surface area contributed by atoms with E-state index in [-0.39, 0.29) is 11.3 Å². The van der Waals surface area contributed by atoms with Gasteiger partial charge in [-0.15, -0.1) is 0 Å². The summed E-state index contributed by atoms with van der Waals surface area (Å²) >= 11 is 5.79. The quantitative estimate of drug-likeness (QED) is 0.263. The van der Waals surface area contributed by atoms with Gasteiger partial charge in [-0.2, -0.15) is 13.2 Å². The minimum atomic E-state index is -4.83. The second kappa shape index (κ2) is 11.0. The van der Waals surface area contributed by atoms with Gasteiger partial charge in [0.1, 0.15) is 5.60 Å². The van der Waals surface area contributed by atoms with Crippen molar-refractivity contribution in [3.63, 3.8) is 0 Å². The number of Topliss-reactive ketones (excluding diaryl/α,β-unsaturated/α-hetero) is 1. The summed E-state index contributed by atoms with van der Waals surface area (Å²) in [7, 11) is 0. The van der Waals surface area contributed by atoms with Gasteiger partial charge in [-0.25, -0.2) is 4.79 Å². The van der Waals surface area contributed by atoms with Crippen LogP contribution in [-0.4, -0.2) is 28.4 Å². The molecule has 0 saturated heterocycles. The summed E-state index contributed by atoms with van der Waals surface area (Å²) in [5, 5.41) is 3.86. The molecule has 0 bridgehead atoms. The van der Waals surface area contributed by atoms with Crippen molar-refractivity contribution in [1.29, 1.82) is 0 Å². The van der Waals surface area contributed by atoms with Crippen LogP contribution < -0.4 is 10.6 Å². The van der Waals surface area contributed by atoms with Crippen LogP contribution in [0.15, 0.2) is 60.9 Å². The largest absolute Gasteiger partial charge is 0.444 e. The number of amides is 2. The van der Waals surface area contributed by atoms with Crippen LogP contribution in [-0.2, 0) is 15.7 Å². The zero-order valence-electron chi connectivity index (χ0n) is 20.1. The Bertz CT molecular complexity index is 1320. The highest BCUT2D eigenvalue weighted by atomic mass is 35.5. The van der Waals surface area contributed by atoms with Gasteiger partial charge in [0.15, 0.2) is 5.78 Å². The van der Waals surface area contributed by atoms with Crippen LogP contribution >= 0.6 is 11.6 Å². The molecule has 0 aliphatic rings. The number of carbonyl (C=O) groups excluding carboxylic acids is 3. The van der Waals surface area contributed by atoms with E-state index in [2.05, 4.69) is 15.6 Å². The molecule has 0 aliphatic heterocycles. The zero-order chi connectivity index (χ0) is 27.4. The summed E-state index contributed by atoms with van der Waals surface area (Å²) in [6.07, 6.45) is -3.26. The van der Waals surface area contributed by atoms with Gasteiger partial charge >= 0.3 is 12.3 Å². The fourth-order valence-corrected chi connectivity index (χ4v) is 3.54. The number of hydrogen-bond donors (Lipinski definition) is 2. The first-order valence-electron chi connectivity index (χ1n) is 11.0. The number of ketones is 1. The first-order valence-corrected chi connectivity index (χ1v) is 11.3. The molecule has 2 N–H and O–H groups in total. The molecule has 3 rings (SSSR count). The monoisotopic (exact) mass is 533 g/mol. The minimum absolute atomic E-state index is 0.229. The first-order chi connectivity index (χ1) is 17.2. The van der Waals surface area contributed by atoms with Crippen molar-refractivity contribution in [2.24, 2.45) is 0 Å². The number of rotatable bonds is 6. The molecule has 0 atom stereocenters. The lowest BCUT2D eigenvalue weighted by molar-refractivity contribution is -0.137. The molecule has 0 fully saturated rings. The normalized spacial score (nSPS) is 11.5. The van der Waals surface area contributed by atoms with E-state index >= 15 is 0 Å². The molecule has 1 heterocycles. The molecule has 0 radical (unpaired) electrons. The molecule has 0 saturated carbocycles. The van der Waals surface area contributed by atoms with Crippen molar-refractivity contribution in [2.45, 2.75) is 39.0 Å². The van der Waals surface area contributed by atoms with Gasteiger partial charge in [0.2, 0.25) is 5.91 Å². The van der Waals surface area contributed by atoms with Crippen molar-refractivity contribution < 1.29 is 32.3 Å². The molecule has 7 nitrogen and oxygen atoms in total. The predicted molar refractivity (Wildman–Crippen MR) is 134 cm³/mol. The maximum Gasteiger partial charge on any atom is 0.417 e. The number of anilines is 2. The van der Waals surface area contributed by atoms with E-state index in [1.165, 1.54) is 6.07 Å². The van der Waals surface area contributed by atoms with E-state index < -0.39 is 52.3 Å². The number of pyridine rings is 1. The SMILES string of the molecule is CC(C)(C)OC(=O)Nc1cc(Cl)c(C(F)(F)F)cc1NC(=O)CC(=O)c1cccc(-c2ccncc2)c1. The topological polar surface area (TPSA) is 97.4 Å². The number of hydrogen-bond acceptors (Lipinski definition) is 5. The van der Waals surface area contributed by atoms with Crippen LogP contribution in [0.4, 0.5) is 29.3 Å². The highest BCUT2D eigenvalue weighted by Crippen LogP contribution is 2.39. The van der Waals surface area contributed by atoms with E-state index in [1.807, 2.05) is 0 Å². The molecule has 0 spiro atoms. The summed E-state index contributed by atoms with van der Waals surface area (Å²) in [6, 6.07) is 11.5. The number of aromatic nitrogens is 1. The molecule has 1 aromatic heterocycles. The maximum absolute atomic E-state index is 13.4. The molecular weight excluding hydrogens is 511 g/mol. The Kier molecular flexibility index (Phi) is 8.22. The summed E-state index contributed by atoms with van der Waals surface area (Å²) in [4.78, 5) is 41.6. The number of ether oxygens (including phenoxy) is 1. The molecule has 11 heteroatoms. The lowest BCUT2D eigenvalue weighted by Crippen LogP contribution is -2.28. The number of nitrogens with zero attached hydrogens (tertiary/aromatic N) is 1. The summed E-state index contributed by atoms with van der Waals surface area (Å²) in [5.74, 6) is -1.44. The van der Waals surface area contributed by atoms with Crippen LogP contribution in [0.2, 0.25) is 5.02 Å². The summed E-state index contributed by atoms with van der Waals surface area (Å²) in [5.41, 5.74) is -0.962. The lowest BCUT2D eigenvalue weighted by Gasteiger charge is -2.21. The standard InChI is InChI=1S/C26H23ClF3N3O4/c1-25(2,3)37-24(36)33-21-13-19(27)18(26(28,29)30)12-20(21)32-23(35)14-22(34)17-6-4-5-16(11-17)15-7-9-31-10-8-15/h4-13H,14H2,1-3H3,(H,32,35)(H,33,36). The molecule has 194 valence electrons. The molecule has 0 unspecified atom stereocenters. The lowest BCUT2D eigenvalue weighted by atomic mass is 10.0. The van der Waals surface area contributed by atoms with E-state index in [0.29, 0.717) is 6.07 Å². The van der Waals surface area contributed by atoms with Crippen LogP contribution in [0, 0.1) is 0 Å². The van der Waals surface area contributed by atoms with E-state index in [9.17, 15) is 27.6 Å². The van der Waals surface area contributed by atoms with Crippen molar-refractivity contribution >= 4 is 40.8 Å². The number of halogens is 4. The van der Waals surface area contributed by atoms with Crippen LogP contribution in [0.3, 0.4) is 0 Å². The zero-order valence-corrected chi connectivity index (χ0v) is 20.8. The Hall–Kier alpha value is -3.92. The van der Waals surface area contributed by atoms with Gasteiger partial charge in [0, 0.05) is 18.0 Å². The fourth-order valence-electron chi connectivity index (χ4n) is 3.27. The fraction of sp³-hybridized carbons (Fsp3) is 0.231. The average Bonchev–Trinajstić information content (AvgIpc) is 2.79. The van der Waals surface area contributed by atoms with Gasteiger partial charge in [0.05, 0.1) is 28.4 Å². The van der Waals surface area contributed by atoms with Crippen molar-refractivity contribution in [3.8, 4) is 11.1 Å². The molecule has 37 heavy (non-hydrogen) atoms. The number of benzene rings is 2. The smallest absolute Gasteiger partial charge is 0.417 e. The van der Waals surface area contributed by atoms with Gasteiger partial charge < -0.3 is 10.1 Å². The second-order valence-corrected chi connectivity index (χ2v) is 9.37. The molecule has 3 aromatic rings. The van der Waals surface area contributed by atoms with Crippen LogP contribution in [0.5, 0.6) is 0 Å². The minimum Gasteiger partial charge on any atom is -0.444 e. The Balaban J connectivity index is 1.83. The Morgan fingerprint density at radius 2 is 1.57 bits per heavy atom. The first kappa shape index (κ1) is 27.7. The Morgan fingerprint density at radius 3 is 2.19 bits per heavy atom. The van der Waals surface area contributed by atoms with Crippen molar-refractivity contribution in [3.05, 3.63) is 77.1 Å². The second-order valence-electron chi connectivity index (χ2n) is 8.97. The maximum atomic E-state index is 13.4. The Morgan fingerprint density at radius 1 is 0.919 bits per heavy atom. The van der Waals surface area contributed by atoms with Crippen LogP contribution in [0.25, 0.3) is 11.1 Å². The molecule has 2 aromatic carbocycles. The highest BCUT2D eigenvalue weighted by molar-refractivity contribution is 6.32. The van der Waals surface area contributed by atoms with E-state index in [1.54, 1.807) is 63.5 Å². The highest BCUT2D eigenvalue weighted by Gasteiger charge is 2.34. The summed E-state index contributed by atoms with van der Waals surface area (Å²) < 4.78 is 45.4. The van der Waals surface area contributed by atoms with Gasteiger partial charge in [0.25, 0.3) is 0 Å². The van der Waals surface area contributed by atoms with Crippen molar-refractivity contribution in [2.75, 3.05) is 10.6 Å². The van der Waals surface area contributed by atoms with Gasteiger partial charge in [-0.3, -0.25) is 19.9 Å². The van der Waals surface area contributed by atoms with E-state index in [0.717, 1.165) is 17.2 Å². The van der Waals surface area contributed by atoms with Gasteiger partial charge in [-0.1, -0.05) is 29.8 Å². The third-order valence-corrected chi connectivity index (χ3v) is 5.15. The number of nitrogens with one attached hydrogen (secondary N) is 2. The van der Waals surface area contributed by atoms with Gasteiger partial charge in [-0.05, 0) is 62.2 Å². The third-order valence-electron chi connectivity index (χ3n) is 4.84. The van der Waals surface area contributed by atoms with Crippen molar-refractivity contribution in [1.82, 2.24) is 4.98 Å². The number of carbonyl (C=O) groups is 3. The molecular formula is C26H23ClF3N3O4. The molecule has 2 amide bonds. The van der Waals surface area contributed by atoms with Crippen LogP contribution in [0.1, 0.15) is 43.1 Å².